The molecule has 2 heterocycles. The van der Waals surface area contributed by atoms with E-state index in [1.807, 2.05) is 19.9 Å². The number of aromatic nitrogens is 5. The summed E-state index contributed by atoms with van der Waals surface area (Å²) in [6, 6.07) is 13.7. The van der Waals surface area contributed by atoms with Crippen LogP contribution in [0.3, 0.4) is 0 Å². The lowest BCUT2D eigenvalue weighted by Crippen LogP contribution is -2.28. The largest absolute Gasteiger partial charge is 0.374 e. The average Bonchev–Trinajstić information content (AvgIpc) is 3.51. The lowest BCUT2D eigenvalue weighted by molar-refractivity contribution is 0.138. The summed E-state index contributed by atoms with van der Waals surface area (Å²) in [4.78, 5) is 8.19. The van der Waals surface area contributed by atoms with Gasteiger partial charge in [-0.2, -0.15) is 0 Å². The zero-order valence-electron chi connectivity index (χ0n) is 19.5. The molecule has 5 rings (SSSR count). The molecule has 0 saturated carbocycles. The van der Waals surface area contributed by atoms with E-state index in [4.69, 9.17) is 28.2 Å². The maximum atomic E-state index is 13.6. The standard InChI is InChI=1S/C26H23Cl2FN6O/c1-14-7-22-23(8-15(14)2)34-25(33-22)19(16-3-5-17(29)6-4-16)11-30-26(36)24-20(27)9-18(10-21(24)28)35-12-31-32-13-35/h3-10,12-13,19,26,30,36H,11H2,1-2H3,(H,33,34). The van der Waals surface area contributed by atoms with Gasteiger partial charge in [-0.05, 0) is 66.9 Å². The number of nitrogens with zero attached hydrogens (tertiary/aromatic N) is 4. The Labute approximate surface area is 216 Å². The lowest BCUT2D eigenvalue weighted by atomic mass is 9.98. The number of fused-ring (bicyclic) bond motifs is 1. The summed E-state index contributed by atoms with van der Waals surface area (Å²) in [5, 5.41) is 22.3. The zero-order valence-corrected chi connectivity index (χ0v) is 21.0. The Hall–Kier alpha value is -3.30. The summed E-state index contributed by atoms with van der Waals surface area (Å²) in [5.41, 5.74) is 5.92. The van der Waals surface area contributed by atoms with Gasteiger partial charge in [0.05, 0.1) is 32.7 Å². The van der Waals surface area contributed by atoms with Crippen LogP contribution in [0.1, 0.15) is 40.2 Å². The van der Waals surface area contributed by atoms with Crippen molar-refractivity contribution in [3.05, 3.63) is 105 Å². The van der Waals surface area contributed by atoms with Crippen LogP contribution in [0.5, 0.6) is 0 Å². The van der Waals surface area contributed by atoms with Gasteiger partial charge in [0.2, 0.25) is 0 Å². The first-order chi connectivity index (χ1) is 17.3. The fourth-order valence-electron chi connectivity index (χ4n) is 4.17. The van der Waals surface area contributed by atoms with Gasteiger partial charge in [-0.3, -0.25) is 9.88 Å². The van der Waals surface area contributed by atoms with Crippen molar-refractivity contribution in [2.75, 3.05) is 6.54 Å². The van der Waals surface area contributed by atoms with Crippen LogP contribution in [0, 0.1) is 19.7 Å². The molecule has 0 bridgehead atoms. The Balaban J connectivity index is 1.44. The van der Waals surface area contributed by atoms with Crippen LogP contribution in [0.4, 0.5) is 4.39 Å². The molecule has 0 aliphatic rings. The highest BCUT2D eigenvalue weighted by Gasteiger charge is 2.23. The molecule has 0 amide bonds. The van der Waals surface area contributed by atoms with Crippen molar-refractivity contribution < 1.29 is 9.50 Å². The Morgan fingerprint density at radius 1 is 1.00 bits per heavy atom. The summed E-state index contributed by atoms with van der Waals surface area (Å²) < 4.78 is 15.3. The van der Waals surface area contributed by atoms with Gasteiger partial charge in [-0.1, -0.05) is 35.3 Å². The number of halogens is 3. The molecule has 2 atom stereocenters. The topological polar surface area (TPSA) is 91.7 Å². The fourth-order valence-corrected chi connectivity index (χ4v) is 4.85. The fraction of sp³-hybridized carbons (Fsp3) is 0.192. The van der Waals surface area contributed by atoms with Gasteiger partial charge in [0, 0.05) is 12.1 Å². The predicted octanol–water partition coefficient (Wildman–Crippen LogP) is 5.62. The minimum absolute atomic E-state index is 0.282. The molecular weight excluding hydrogens is 502 g/mol. The number of aromatic amines is 1. The van der Waals surface area contributed by atoms with Gasteiger partial charge in [-0.15, -0.1) is 10.2 Å². The maximum Gasteiger partial charge on any atom is 0.134 e. The summed E-state index contributed by atoms with van der Waals surface area (Å²) in [6.45, 7) is 4.37. The van der Waals surface area contributed by atoms with E-state index in [-0.39, 0.29) is 18.3 Å². The molecular formula is C26H23Cl2FN6O. The summed E-state index contributed by atoms with van der Waals surface area (Å²) >= 11 is 13.0. The van der Waals surface area contributed by atoms with Gasteiger partial charge in [-0.25, -0.2) is 9.37 Å². The second-order valence-corrected chi connectivity index (χ2v) is 9.50. The molecule has 36 heavy (non-hydrogen) atoms. The van der Waals surface area contributed by atoms with Crippen LogP contribution in [0.15, 0.2) is 61.2 Å². The molecule has 3 N–H and O–H groups in total. The first-order valence-corrected chi connectivity index (χ1v) is 12.0. The van der Waals surface area contributed by atoms with Gasteiger partial charge in [0.15, 0.2) is 0 Å². The average molecular weight is 525 g/mol. The molecule has 0 spiro atoms. The second kappa shape index (κ2) is 9.99. The number of aryl methyl sites for hydroxylation is 2. The first kappa shape index (κ1) is 24.4. The molecule has 5 aromatic rings. The van der Waals surface area contributed by atoms with E-state index in [0.717, 1.165) is 27.7 Å². The third-order valence-electron chi connectivity index (χ3n) is 6.29. The van der Waals surface area contributed by atoms with Crippen molar-refractivity contribution in [2.45, 2.75) is 26.0 Å². The molecule has 3 aromatic carbocycles. The van der Waals surface area contributed by atoms with Crippen molar-refractivity contribution >= 4 is 34.2 Å². The Morgan fingerprint density at radius 3 is 2.31 bits per heavy atom. The van der Waals surface area contributed by atoms with Crippen LogP contribution in [0.25, 0.3) is 16.7 Å². The van der Waals surface area contributed by atoms with Crippen molar-refractivity contribution in [3.8, 4) is 5.69 Å². The van der Waals surface area contributed by atoms with E-state index in [1.54, 1.807) is 28.8 Å². The number of H-pyrrole nitrogens is 1. The van der Waals surface area contributed by atoms with Crippen LogP contribution in [0.2, 0.25) is 10.0 Å². The van der Waals surface area contributed by atoms with Crippen LogP contribution < -0.4 is 5.32 Å². The van der Waals surface area contributed by atoms with Crippen molar-refractivity contribution in [1.82, 2.24) is 30.0 Å². The minimum Gasteiger partial charge on any atom is -0.374 e. The summed E-state index contributed by atoms with van der Waals surface area (Å²) in [7, 11) is 0. The monoisotopic (exact) mass is 524 g/mol. The number of aliphatic hydroxyl groups is 1. The number of imidazole rings is 1. The van der Waals surface area contributed by atoms with Crippen molar-refractivity contribution in [1.29, 1.82) is 0 Å². The Bertz CT molecular complexity index is 1460. The number of hydrogen-bond donors (Lipinski definition) is 3. The molecule has 0 aliphatic carbocycles. The molecule has 0 aliphatic heterocycles. The zero-order chi connectivity index (χ0) is 25.4. The quantitative estimate of drug-likeness (QED) is 0.240. The first-order valence-electron chi connectivity index (χ1n) is 11.3. The van der Waals surface area contributed by atoms with Crippen LogP contribution in [-0.4, -0.2) is 36.4 Å². The number of benzene rings is 3. The highest BCUT2D eigenvalue weighted by molar-refractivity contribution is 6.36. The van der Waals surface area contributed by atoms with E-state index in [1.165, 1.54) is 24.8 Å². The van der Waals surface area contributed by atoms with Gasteiger partial charge < -0.3 is 10.1 Å². The Morgan fingerprint density at radius 2 is 1.64 bits per heavy atom. The Kier molecular flexibility index (Phi) is 6.77. The molecule has 10 heteroatoms. The van der Waals surface area contributed by atoms with E-state index in [2.05, 4.69) is 26.6 Å². The van der Waals surface area contributed by atoms with E-state index >= 15 is 0 Å². The highest BCUT2D eigenvalue weighted by Crippen LogP contribution is 2.33. The van der Waals surface area contributed by atoms with Gasteiger partial charge >= 0.3 is 0 Å². The van der Waals surface area contributed by atoms with E-state index < -0.39 is 6.23 Å². The molecule has 0 fully saturated rings. The number of aliphatic hydroxyl groups excluding tert-OH is 1. The van der Waals surface area contributed by atoms with E-state index in [0.29, 0.717) is 27.1 Å². The third-order valence-corrected chi connectivity index (χ3v) is 6.91. The molecule has 7 nitrogen and oxygen atoms in total. The number of rotatable bonds is 7. The smallest absolute Gasteiger partial charge is 0.134 e. The maximum absolute atomic E-state index is 13.6. The van der Waals surface area contributed by atoms with E-state index in [9.17, 15) is 9.50 Å². The van der Waals surface area contributed by atoms with Gasteiger partial charge in [0.25, 0.3) is 0 Å². The molecule has 2 unspecified atom stereocenters. The summed E-state index contributed by atoms with van der Waals surface area (Å²) in [5.74, 6) is 0.0664. The predicted molar refractivity (Wildman–Crippen MR) is 138 cm³/mol. The highest BCUT2D eigenvalue weighted by atomic mass is 35.5. The number of hydrogen-bond acceptors (Lipinski definition) is 5. The normalized spacial score (nSPS) is 13.3. The molecule has 184 valence electrons. The molecule has 0 radical (unpaired) electrons. The molecule has 0 saturated heterocycles. The lowest BCUT2D eigenvalue weighted by Gasteiger charge is -2.21. The van der Waals surface area contributed by atoms with Gasteiger partial charge in [0.1, 0.15) is 30.5 Å². The third kappa shape index (κ3) is 4.85. The van der Waals surface area contributed by atoms with Crippen molar-refractivity contribution in [2.24, 2.45) is 0 Å². The second-order valence-electron chi connectivity index (χ2n) is 8.68. The number of nitrogens with one attached hydrogen (secondary N) is 2. The van der Waals surface area contributed by atoms with Crippen LogP contribution in [-0.2, 0) is 0 Å². The SMILES string of the molecule is Cc1cc2nc(C(CNC(O)c3c(Cl)cc(-n4cnnc4)cc3Cl)c3ccc(F)cc3)[nH]c2cc1C. The minimum atomic E-state index is -1.16. The molecule has 2 aromatic heterocycles. The van der Waals surface area contributed by atoms with Crippen LogP contribution >= 0.6 is 23.2 Å². The summed E-state index contributed by atoms with van der Waals surface area (Å²) in [6.07, 6.45) is 1.90. The van der Waals surface area contributed by atoms with Crippen molar-refractivity contribution in [3.63, 3.8) is 0 Å².